The maximum atomic E-state index is 9.02. The van der Waals surface area contributed by atoms with E-state index >= 15 is 0 Å². The molecule has 2 aromatic rings. The van der Waals surface area contributed by atoms with Gasteiger partial charge in [-0.2, -0.15) is 20.9 Å². The highest BCUT2D eigenvalue weighted by atomic mass is 15.2. The molecule has 2 rings (SSSR count). The predicted molar refractivity (Wildman–Crippen MR) is 76.1 cm³/mol. The first-order valence-corrected chi connectivity index (χ1v) is 5.98. The molecule has 21 heavy (non-hydrogen) atoms. The monoisotopic (exact) mass is 274 g/mol. The summed E-state index contributed by atoms with van der Waals surface area (Å²) in [6, 6.07) is 12.5. The van der Waals surface area contributed by atoms with Crippen molar-refractivity contribution in [2.75, 3.05) is 5.32 Å². The average Bonchev–Trinajstić information content (AvgIpc) is 2.94. The van der Waals surface area contributed by atoms with Crippen LogP contribution in [0, 0.1) is 34.0 Å². The van der Waals surface area contributed by atoms with E-state index in [1.165, 1.54) is 0 Å². The number of hydrogen-bond donors (Lipinski definition) is 1. The van der Waals surface area contributed by atoms with Crippen molar-refractivity contribution in [1.29, 1.82) is 15.8 Å². The fourth-order valence-corrected chi connectivity index (χ4v) is 1.77. The zero-order valence-corrected chi connectivity index (χ0v) is 11.2. The number of anilines is 1. The first-order valence-electron chi connectivity index (χ1n) is 5.98. The number of rotatable bonds is 3. The molecule has 0 unspecified atom stereocenters. The smallest absolute Gasteiger partial charge is 0.163 e. The van der Waals surface area contributed by atoms with Gasteiger partial charge in [0.1, 0.15) is 23.9 Å². The Morgan fingerprint density at radius 2 is 1.90 bits per heavy atom. The van der Waals surface area contributed by atoms with Crippen LogP contribution in [0.3, 0.4) is 0 Å². The standard InChI is InChI=1S/C15H10N6/c1-21-10-13(9-19-21)11-3-2-4-14(5-11)20-15(8-18)12(6-16)7-17/h2-5,9-10,20H,1H3. The SMILES string of the molecule is Cn1cc(-c2cccc(NC(C#N)=C(C#N)C#N)c2)cn1. The van der Waals surface area contributed by atoms with Crippen molar-refractivity contribution in [2.24, 2.45) is 7.05 Å². The number of aromatic nitrogens is 2. The van der Waals surface area contributed by atoms with Gasteiger partial charge in [-0.1, -0.05) is 12.1 Å². The zero-order chi connectivity index (χ0) is 15.2. The molecule has 0 atom stereocenters. The van der Waals surface area contributed by atoms with Crippen molar-refractivity contribution in [3.05, 3.63) is 47.9 Å². The number of nitrogens with one attached hydrogen (secondary N) is 1. The van der Waals surface area contributed by atoms with E-state index in [9.17, 15) is 0 Å². The van der Waals surface area contributed by atoms with Crippen LogP contribution in [0.5, 0.6) is 0 Å². The second-order valence-corrected chi connectivity index (χ2v) is 4.19. The molecule has 0 saturated carbocycles. The summed E-state index contributed by atoms with van der Waals surface area (Å²) in [5, 5.41) is 33.5. The van der Waals surface area contributed by atoms with E-state index in [4.69, 9.17) is 15.8 Å². The Morgan fingerprint density at radius 3 is 2.48 bits per heavy atom. The zero-order valence-electron chi connectivity index (χ0n) is 11.2. The third-order valence-corrected chi connectivity index (χ3v) is 2.76. The van der Waals surface area contributed by atoms with Crippen LogP contribution in [-0.4, -0.2) is 9.78 Å². The van der Waals surface area contributed by atoms with Crippen LogP contribution >= 0.6 is 0 Å². The second kappa shape index (κ2) is 6.06. The maximum Gasteiger partial charge on any atom is 0.163 e. The summed E-state index contributed by atoms with van der Waals surface area (Å²) in [4.78, 5) is 0. The van der Waals surface area contributed by atoms with Crippen LogP contribution < -0.4 is 5.32 Å². The van der Waals surface area contributed by atoms with E-state index in [2.05, 4.69) is 10.4 Å². The summed E-state index contributed by atoms with van der Waals surface area (Å²) in [6.45, 7) is 0. The van der Waals surface area contributed by atoms with Crippen LogP contribution in [-0.2, 0) is 7.05 Å². The molecule has 0 fully saturated rings. The number of allylic oxidation sites excluding steroid dienone is 2. The van der Waals surface area contributed by atoms with Gasteiger partial charge in [0.15, 0.2) is 5.57 Å². The summed E-state index contributed by atoms with van der Waals surface area (Å²) in [7, 11) is 1.83. The molecule has 1 heterocycles. The Hall–Kier alpha value is -3.56. The molecule has 6 nitrogen and oxygen atoms in total. The van der Waals surface area contributed by atoms with E-state index < -0.39 is 0 Å². The van der Waals surface area contributed by atoms with E-state index in [0.29, 0.717) is 5.69 Å². The highest BCUT2D eigenvalue weighted by Gasteiger charge is 2.07. The first kappa shape index (κ1) is 13.9. The number of aryl methyl sites for hydroxylation is 1. The van der Waals surface area contributed by atoms with Gasteiger partial charge >= 0.3 is 0 Å². The number of nitrogens with zero attached hydrogens (tertiary/aromatic N) is 5. The molecule has 1 N–H and O–H groups in total. The lowest BCUT2D eigenvalue weighted by Crippen LogP contribution is -2.00. The lowest BCUT2D eigenvalue weighted by atomic mass is 10.1. The lowest BCUT2D eigenvalue weighted by molar-refractivity contribution is 0.768. The van der Waals surface area contributed by atoms with Crippen molar-refractivity contribution in [3.63, 3.8) is 0 Å². The summed E-state index contributed by atoms with van der Waals surface area (Å²) in [6.07, 6.45) is 3.60. The van der Waals surface area contributed by atoms with Gasteiger partial charge in [-0.25, -0.2) is 0 Å². The van der Waals surface area contributed by atoms with Crippen LogP contribution in [0.2, 0.25) is 0 Å². The van der Waals surface area contributed by atoms with Gasteiger partial charge in [-0.3, -0.25) is 4.68 Å². The van der Waals surface area contributed by atoms with E-state index in [-0.39, 0.29) is 11.3 Å². The molecule has 1 aromatic carbocycles. The third-order valence-electron chi connectivity index (χ3n) is 2.76. The number of benzene rings is 1. The Labute approximate surface area is 121 Å². The van der Waals surface area contributed by atoms with Crippen molar-refractivity contribution in [2.45, 2.75) is 0 Å². The Kier molecular flexibility index (Phi) is 4.00. The molecular weight excluding hydrogens is 264 g/mol. The Balaban J connectivity index is 2.36. The molecule has 0 aliphatic heterocycles. The van der Waals surface area contributed by atoms with Crippen LogP contribution in [0.25, 0.3) is 11.1 Å². The van der Waals surface area contributed by atoms with Crippen molar-refractivity contribution in [1.82, 2.24) is 9.78 Å². The van der Waals surface area contributed by atoms with Crippen molar-refractivity contribution in [3.8, 4) is 29.3 Å². The molecule has 0 aliphatic carbocycles. The maximum absolute atomic E-state index is 9.02. The normalized spacial score (nSPS) is 9.05. The highest BCUT2D eigenvalue weighted by Crippen LogP contribution is 2.23. The van der Waals surface area contributed by atoms with E-state index in [1.54, 1.807) is 29.1 Å². The van der Waals surface area contributed by atoms with Gasteiger partial charge in [0.2, 0.25) is 0 Å². The fraction of sp³-hybridized carbons (Fsp3) is 0.0667. The minimum Gasteiger partial charge on any atom is -0.345 e. The molecule has 6 heteroatoms. The van der Waals surface area contributed by atoms with Gasteiger partial charge in [-0.15, -0.1) is 0 Å². The summed E-state index contributed by atoms with van der Waals surface area (Å²) < 4.78 is 1.69. The summed E-state index contributed by atoms with van der Waals surface area (Å²) in [5.74, 6) is 0. The number of hydrogen-bond acceptors (Lipinski definition) is 5. The second-order valence-electron chi connectivity index (χ2n) is 4.19. The first-order chi connectivity index (χ1) is 10.2. The van der Waals surface area contributed by atoms with Crippen LogP contribution in [0.15, 0.2) is 47.9 Å². The molecule has 0 spiro atoms. The topological polar surface area (TPSA) is 101 Å². The molecule has 0 saturated heterocycles. The minimum atomic E-state index is -0.246. The Morgan fingerprint density at radius 1 is 1.14 bits per heavy atom. The van der Waals surface area contributed by atoms with Gasteiger partial charge in [0.05, 0.1) is 6.20 Å². The minimum absolute atomic E-state index is 0.0664. The molecule has 0 aliphatic rings. The van der Waals surface area contributed by atoms with Crippen molar-refractivity contribution >= 4 is 5.69 Å². The lowest BCUT2D eigenvalue weighted by Gasteiger charge is -2.06. The van der Waals surface area contributed by atoms with Gasteiger partial charge in [0, 0.05) is 24.5 Å². The molecular formula is C15H10N6. The number of nitriles is 3. The van der Waals surface area contributed by atoms with Crippen LogP contribution in [0.1, 0.15) is 0 Å². The van der Waals surface area contributed by atoms with Gasteiger partial charge < -0.3 is 5.32 Å². The summed E-state index contributed by atoms with van der Waals surface area (Å²) >= 11 is 0. The Bertz CT molecular complexity index is 807. The van der Waals surface area contributed by atoms with Gasteiger partial charge in [0.25, 0.3) is 0 Å². The molecule has 0 radical (unpaired) electrons. The largest absolute Gasteiger partial charge is 0.345 e. The van der Waals surface area contributed by atoms with E-state index in [0.717, 1.165) is 11.1 Å². The predicted octanol–water partition coefficient (Wildman–Crippen LogP) is 2.32. The fourth-order valence-electron chi connectivity index (χ4n) is 1.77. The molecule has 100 valence electrons. The third kappa shape index (κ3) is 3.07. The van der Waals surface area contributed by atoms with Crippen LogP contribution in [0.4, 0.5) is 5.69 Å². The van der Waals surface area contributed by atoms with E-state index in [1.807, 2.05) is 37.5 Å². The molecule has 1 aromatic heterocycles. The average molecular weight is 274 g/mol. The quantitative estimate of drug-likeness (QED) is 0.865. The summed E-state index contributed by atoms with van der Waals surface area (Å²) in [5.41, 5.74) is 2.16. The van der Waals surface area contributed by atoms with Gasteiger partial charge in [-0.05, 0) is 17.7 Å². The highest BCUT2D eigenvalue weighted by molar-refractivity contribution is 5.69. The molecule has 0 amide bonds. The molecule has 0 bridgehead atoms. The van der Waals surface area contributed by atoms with Crippen molar-refractivity contribution < 1.29 is 0 Å².